The predicted octanol–water partition coefficient (Wildman–Crippen LogP) is 3.06. The van der Waals surface area contributed by atoms with Crippen LogP contribution in [0.15, 0.2) is 12.1 Å². The number of phenols is 1. The molecule has 1 aromatic rings. The topological polar surface area (TPSA) is 23.5 Å². The van der Waals surface area contributed by atoms with E-state index in [1.807, 2.05) is 13.0 Å². The van der Waals surface area contributed by atoms with Crippen molar-refractivity contribution in [2.75, 3.05) is 14.1 Å². The van der Waals surface area contributed by atoms with Gasteiger partial charge in [0.15, 0.2) is 0 Å². The van der Waals surface area contributed by atoms with Gasteiger partial charge in [-0.3, -0.25) is 0 Å². The second kappa shape index (κ2) is 4.46. The molecule has 1 aromatic carbocycles. The van der Waals surface area contributed by atoms with Gasteiger partial charge in [-0.2, -0.15) is 0 Å². The van der Waals surface area contributed by atoms with E-state index in [0.717, 1.165) is 17.7 Å². The highest BCUT2D eigenvalue weighted by molar-refractivity contribution is 5.44. The van der Waals surface area contributed by atoms with E-state index in [1.165, 1.54) is 5.56 Å². The van der Waals surface area contributed by atoms with E-state index >= 15 is 0 Å². The number of aryl methyl sites for hydroxylation is 1. The largest absolute Gasteiger partial charge is 0.508 e. The first kappa shape index (κ1) is 13.0. The Morgan fingerprint density at radius 2 is 1.75 bits per heavy atom. The minimum Gasteiger partial charge on any atom is -0.508 e. The lowest BCUT2D eigenvalue weighted by Gasteiger charge is -2.23. The van der Waals surface area contributed by atoms with Gasteiger partial charge in [-0.15, -0.1) is 0 Å². The summed E-state index contributed by atoms with van der Waals surface area (Å²) >= 11 is 0. The van der Waals surface area contributed by atoms with E-state index < -0.39 is 0 Å². The molecule has 2 heteroatoms. The normalized spacial score (nSPS) is 12.2. The van der Waals surface area contributed by atoms with Gasteiger partial charge in [0.05, 0.1) is 0 Å². The van der Waals surface area contributed by atoms with Crippen LogP contribution in [0.3, 0.4) is 0 Å². The maximum absolute atomic E-state index is 9.97. The van der Waals surface area contributed by atoms with E-state index in [0.29, 0.717) is 5.75 Å². The molecule has 0 aliphatic carbocycles. The molecular formula is C14H23NO. The van der Waals surface area contributed by atoms with Crippen molar-refractivity contribution in [3.05, 3.63) is 28.8 Å². The summed E-state index contributed by atoms with van der Waals surface area (Å²) in [4.78, 5) is 2.14. The molecule has 90 valence electrons. The lowest BCUT2D eigenvalue weighted by molar-refractivity contribution is 0.398. The van der Waals surface area contributed by atoms with Crippen molar-refractivity contribution in [1.82, 2.24) is 4.90 Å². The van der Waals surface area contributed by atoms with Crippen LogP contribution in [0, 0.1) is 6.92 Å². The molecule has 0 bridgehead atoms. The Balaban J connectivity index is 3.22. The van der Waals surface area contributed by atoms with Crippen molar-refractivity contribution in [3.8, 4) is 5.75 Å². The number of hydrogen-bond acceptors (Lipinski definition) is 2. The summed E-state index contributed by atoms with van der Waals surface area (Å²) in [6.07, 6.45) is 0. The zero-order valence-electron chi connectivity index (χ0n) is 11.3. The molecule has 2 nitrogen and oxygen atoms in total. The molecule has 0 fully saturated rings. The average molecular weight is 221 g/mol. The third-order valence-corrected chi connectivity index (χ3v) is 2.75. The van der Waals surface area contributed by atoms with E-state index in [-0.39, 0.29) is 5.41 Å². The van der Waals surface area contributed by atoms with Crippen LogP contribution in [0.2, 0.25) is 0 Å². The quantitative estimate of drug-likeness (QED) is 0.829. The van der Waals surface area contributed by atoms with Crippen LogP contribution in [0.5, 0.6) is 5.75 Å². The number of phenolic OH excluding ortho intramolecular Hbond substituents is 1. The van der Waals surface area contributed by atoms with Gasteiger partial charge >= 0.3 is 0 Å². The molecule has 0 aromatic heterocycles. The second-order valence-corrected chi connectivity index (χ2v) is 5.78. The Bertz CT molecular complexity index is 375. The van der Waals surface area contributed by atoms with Gasteiger partial charge in [0, 0.05) is 6.54 Å². The molecule has 0 radical (unpaired) electrons. The van der Waals surface area contributed by atoms with Gasteiger partial charge in [-0.25, -0.2) is 0 Å². The molecule has 16 heavy (non-hydrogen) atoms. The maximum Gasteiger partial charge on any atom is 0.119 e. The molecule has 1 rings (SSSR count). The van der Waals surface area contributed by atoms with Gasteiger partial charge in [0.1, 0.15) is 5.75 Å². The monoisotopic (exact) mass is 221 g/mol. The molecule has 0 saturated carbocycles. The minimum absolute atomic E-state index is 0.0150. The molecular weight excluding hydrogens is 198 g/mol. The fourth-order valence-corrected chi connectivity index (χ4v) is 1.85. The number of aromatic hydroxyl groups is 1. The highest BCUT2D eigenvalue weighted by atomic mass is 16.3. The third-order valence-electron chi connectivity index (χ3n) is 2.75. The van der Waals surface area contributed by atoms with Crippen LogP contribution in [0.1, 0.15) is 37.5 Å². The average Bonchev–Trinajstić information content (AvgIpc) is 2.06. The van der Waals surface area contributed by atoms with Gasteiger partial charge in [0.25, 0.3) is 0 Å². The fourth-order valence-electron chi connectivity index (χ4n) is 1.85. The van der Waals surface area contributed by atoms with Crippen LogP contribution in [-0.4, -0.2) is 24.1 Å². The van der Waals surface area contributed by atoms with Crippen molar-refractivity contribution in [2.24, 2.45) is 0 Å². The maximum atomic E-state index is 9.97. The van der Waals surface area contributed by atoms with E-state index in [4.69, 9.17) is 0 Å². The Morgan fingerprint density at radius 3 is 2.19 bits per heavy atom. The van der Waals surface area contributed by atoms with Gasteiger partial charge in [-0.1, -0.05) is 26.8 Å². The standard InChI is InChI=1S/C14H23NO/c1-10-7-13(16)12(14(2,3)4)8-11(10)9-15(5)6/h7-8,16H,9H2,1-6H3. The lowest BCUT2D eigenvalue weighted by atomic mass is 9.84. The Hall–Kier alpha value is -1.02. The van der Waals surface area contributed by atoms with Gasteiger partial charge in [-0.05, 0) is 49.2 Å². The van der Waals surface area contributed by atoms with E-state index in [2.05, 4.69) is 45.8 Å². The molecule has 0 heterocycles. The van der Waals surface area contributed by atoms with Crippen LogP contribution >= 0.6 is 0 Å². The van der Waals surface area contributed by atoms with Crippen LogP contribution in [-0.2, 0) is 12.0 Å². The number of rotatable bonds is 2. The first-order valence-corrected chi connectivity index (χ1v) is 5.69. The molecule has 0 amide bonds. The Morgan fingerprint density at radius 1 is 1.19 bits per heavy atom. The summed E-state index contributed by atoms with van der Waals surface area (Å²) in [5, 5.41) is 9.97. The summed E-state index contributed by atoms with van der Waals surface area (Å²) in [7, 11) is 4.12. The number of benzene rings is 1. The zero-order chi connectivity index (χ0) is 12.5. The summed E-state index contributed by atoms with van der Waals surface area (Å²) < 4.78 is 0. The zero-order valence-corrected chi connectivity index (χ0v) is 11.3. The lowest BCUT2D eigenvalue weighted by Crippen LogP contribution is -2.15. The molecule has 1 N–H and O–H groups in total. The van der Waals surface area contributed by atoms with Crippen molar-refractivity contribution in [3.63, 3.8) is 0 Å². The van der Waals surface area contributed by atoms with Gasteiger partial charge in [0.2, 0.25) is 0 Å². The Kier molecular flexibility index (Phi) is 3.64. The van der Waals surface area contributed by atoms with E-state index in [9.17, 15) is 5.11 Å². The highest BCUT2D eigenvalue weighted by Crippen LogP contribution is 2.33. The first-order chi connectivity index (χ1) is 7.21. The first-order valence-electron chi connectivity index (χ1n) is 5.69. The summed E-state index contributed by atoms with van der Waals surface area (Å²) in [5.74, 6) is 0.410. The fraction of sp³-hybridized carbons (Fsp3) is 0.571. The van der Waals surface area contributed by atoms with Crippen molar-refractivity contribution >= 4 is 0 Å². The molecule has 0 unspecified atom stereocenters. The molecule has 0 spiro atoms. The Labute approximate surface area is 98.9 Å². The smallest absolute Gasteiger partial charge is 0.119 e. The van der Waals surface area contributed by atoms with Crippen LogP contribution < -0.4 is 0 Å². The van der Waals surface area contributed by atoms with Crippen molar-refractivity contribution in [2.45, 2.75) is 39.7 Å². The summed E-state index contributed by atoms with van der Waals surface area (Å²) in [5.41, 5.74) is 3.45. The molecule has 0 aliphatic rings. The SMILES string of the molecule is Cc1cc(O)c(C(C)(C)C)cc1CN(C)C. The summed E-state index contributed by atoms with van der Waals surface area (Å²) in [6.45, 7) is 9.32. The molecule has 0 aliphatic heterocycles. The molecule has 0 saturated heterocycles. The molecule has 0 atom stereocenters. The van der Waals surface area contributed by atoms with Crippen molar-refractivity contribution in [1.29, 1.82) is 0 Å². The van der Waals surface area contributed by atoms with Crippen LogP contribution in [0.4, 0.5) is 0 Å². The van der Waals surface area contributed by atoms with Crippen LogP contribution in [0.25, 0.3) is 0 Å². The van der Waals surface area contributed by atoms with Crippen molar-refractivity contribution < 1.29 is 5.11 Å². The third kappa shape index (κ3) is 2.99. The van der Waals surface area contributed by atoms with E-state index in [1.54, 1.807) is 0 Å². The summed E-state index contributed by atoms with van der Waals surface area (Å²) in [6, 6.07) is 4.00. The predicted molar refractivity (Wildman–Crippen MR) is 68.9 cm³/mol. The number of hydrogen-bond donors (Lipinski definition) is 1. The highest BCUT2D eigenvalue weighted by Gasteiger charge is 2.19. The van der Waals surface area contributed by atoms with Gasteiger partial charge < -0.3 is 10.0 Å². The minimum atomic E-state index is -0.0150. The second-order valence-electron chi connectivity index (χ2n) is 5.78. The number of nitrogens with zero attached hydrogens (tertiary/aromatic N) is 1.